The normalized spacial score (nSPS) is 13.1. The van der Waals surface area contributed by atoms with Crippen molar-refractivity contribution in [3.8, 4) is 0 Å². The first-order valence-corrected chi connectivity index (χ1v) is 13.1. The standard InChI is InChI=1S/C24H42N10O8/c1-12(15(4)35)32-22(41)14(3)31-19(38)11-29-18(37)9-30-21(40)13(2)33-23(42)17(7-6-8-27-24(25)26)34-20(39)10-28-16(5)36/h12-14,17H,6-11H2,1-5H3,(H,28,36)(H,29,37)(H,30,40)(H,31,38)(H,32,41)(H,33,42)(H,34,39)(H4,25,26,27). The Kier molecular flexibility index (Phi) is 17.1. The molecule has 42 heavy (non-hydrogen) atoms. The molecule has 0 rings (SSSR count). The van der Waals surface area contributed by atoms with E-state index < -0.39 is 78.6 Å². The van der Waals surface area contributed by atoms with Crippen molar-refractivity contribution in [1.82, 2.24) is 37.2 Å². The summed E-state index contributed by atoms with van der Waals surface area (Å²) in [4.78, 5) is 99.4. The summed E-state index contributed by atoms with van der Waals surface area (Å²) in [5.41, 5.74) is 10.5. The van der Waals surface area contributed by atoms with Crippen LogP contribution in [-0.4, -0.2) is 103 Å². The monoisotopic (exact) mass is 598 g/mol. The number of carbonyl (C=O) groups excluding carboxylic acids is 8. The summed E-state index contributed by atoms with van der Waals surface area (Å²) >= 11 is 0. The molecule has 0 saturated carbocycles. The first-order valence-electron chi connectivity index (χ1n) is 13.1. The minimum Gasteiger partial charge on any atom is -0.370 e. The van der Waals surface area contributed by atoms with Crippen LogP contribution in [0.15, 0.2) is 4.99 Å². The lowest BCUT2D eigenvalue weighted by atomic mass is 10.1. The van der Waals surface area contributed by atoms with Crippen LogP contribution in [0, 0.1) is 0 Å². The number of aliphatic imine (C=N–C) groups is 1. The second-order valence-electron chi connectivity index (χ2n) is 9.33. The van der Waals surface area contributed by atoms with Crippen LogP contribution in [0.2, 0.25) is 0 Å². The summed E-state index contributed by atoms with van der Waals surface area (Å²) in [6, 6.07) is -3.88. The van der Waals surface area contributed by atoms with Crippen LogP contribution in [0.1, 0.15) is 47.5 Å². The van der Waals surface area contributed by atoms with Crippen molar-refractivity contribution in [2.75, 3.05) is 26.2 Å². The lowest BCUT2D eigenvalue weighted by Gasteiger charge is -2.21. The van der Waals surface area contributed by atoms with E-state index in [1.54, 1.807) is 0 Å². The van der Waals surface area contributed by atoms with Gasteiger partial charge in [-0.05, 0) is 40.5 Å². The molecule has 0 heterocycles. The van der Waals surface area contributed by atoms with Crippen LogP contribution in [0.4, 0.5) is 0 Å². The van der Waals surface area contributed by atoms with E-state index in [9.17, 15) is 38.4 Å². The minimum atomic E-state index is -1.11. The average Bonchev–Trinajstić information content (AvgIpc) is 2.90. The third-order valence-electron chi connectivity index (χ3n) is 5.46. The molecule has 0 aromatic carbocycles. The molecule has 0 aliphatic rings. The highest BCUT2D eigenvalue weighted by molar-refractivity contribution is 5.95. The third kappa shape index (κ3) is 17.0. The molecular weight excluding hydrogens is 556 g/mol. The van der Waals surface area contributed by atoms with Gasteiger partial charge in [-0.1, -0.05) is 0 Å². The van der Waals surface area contributed by atoms with Gasteiger partial charge in [0.05, 0.1) is 25.7 Å². The van der Waals surface area contributed by atoms with E-state index >= 15 is 0 Å². The Morgan fingerprint density at radius 3 is 1.71 bits per heavy atom. The molecule has 0 radical (unpaired) electrons. The number of hydrogen-bond donors (Lipinski definition) is 9. The molecule has 7 amide bonds. The zero-order valence-corrected chi connectivity index (χ0v) is 24.4. The summed E-state index contributed by atoms with van der Waals surface area (Å²) < 4.78 is 0. The second-order valence-corrected chi connectivity index (χ2v) is 9.33. The van der Waals surface area contributed by atoms with Crippen LogP contribution in [0.3, 0.4) is 0 Å². The van der Waals surface area contributed by atoms with Gasteiger partial charge in [0.1, 0.15) is 18.1 Å². The van der Waals surface area contributed by atoms with Gasteiger partial charge in [-0.25, -0.2) is 0 Å². The topological polar surface area (TPSA) is 285 Å². The van der Waals surface area contributed by atoms with Crippen molar-refractivity contribution in [2.45, 2.75) is 71.6 Å². The van der Waals surface area contributed by atoms with E-state index in [0.29, 0.717) is 6.42 Å². The van der Waals surface area contributed by atoms with Gasteiger partial charge in [0.15, 0.2) is 11.7 Å². The molecule has 11 N–H and O–H groups in total. The molecule has 0 aromatic rings. The summed E-state index contributed by atoms with van der Waals surface area (Å²) in [5.74, 6) is -4.87. The Labute approximate surface area is 243 Å². The molecule has 18 nitrogen and oxygen atoms in total. The summed E-state index contributed by atoms with van der Waals surface area (Å²) in [6.07, 6.45) is 0.426. The molecule has 0 aromatic heterocycles. The first kappa shape index (κ1) is 37.2. The molecule has 236 valence electrons. The molecule has 0 aliphatic carbocycles. The van der Waals surface area contributed by atoms with E-state index in [1.165, 1.54) is 34.6 Å². The molecule has 0 bridgehead atoms. The number of guanidine groups is 1. The van der Waals surface area contributed by atoms with Gasteiger partial charge in [-0.3, -0.25) is 43.3 Å². The van der Waals surface area contributed by atoms with Crippen molar-refractivity contribution in [2.24, 2.45) is 16.5 Å². The number of nitrogens with zero attached hydrogens (tertiary/aromatic N) is 1. The second kappa shape index (κ2) is 19.3. The van der Waals surface area contributed by atoms with E-state index in [4.69, 9.17) is 11.5 Å². The maximum Gasteiger partial charge on any atom is 0.243 e. The van der Waals surface area contributed by atoms with Crippen LogP contribution in [-0.2, 0) is 38.4 Å². The first-order chi connectivity index (χ1) is 19.5. The number of ketones is 1. The lowest BCUT2D eigenvalue weighted by molar-refractivity contribution is -0.133. The number of hydrogen-bond acceptors (Lipinski definition) is 9. The van der Waals surface area contributed by atoms with E-state index in [1.807, 2.05) is 0 Å². The summed E-state index contributed by atoms with van der Waals surface area (Å²) in [6.45, 7) is 5.61. The average molecular weight is 599 g/mol. The highest BCUT2D eigenvalue weighted by Crippen LogP contribution is 2.00. The van der Waals surface area contributed by atoms with E-state index in [-0.39, 0.29) is 31.3 Å². The Balaban J connectivity index is 4.75. The number of nitrogens with one attached hydrogen (secondary N) is 7. The van der Waals surface area contributed by atoms with E-state index in [2.05, 4.69) is 42.2 Å². The highest BCUT2D eigenvalue weighted by atomic mass is 16.2. The van der Waals surface area contributed by atoms with Crippen molar-refractivity contribution in [3.05, 3.63) is 0 Å². The van der Waals surface area contributed by atoms with Crippen molar-refractivity contribution in [3.63, 3.8) is 0 Å². The van der Waals surface area contributed by atoms with Crippen LogP contribution in [0.25, 0.3) is 0 Å². The maximum absolute atomic E-state index is 12.8. The SMILES string of the molecule is CC(=O)NCC(=O)NC(CCCN=C(N)N)C(=O)NC(C)C(=O)NCC(=O)NCC(=O)NC(C)C(=O)NC(C)C(C)=O. The molecule has 0 aliphatic heterocycles. The maximum atomic E-state index is 12.8. The molecule has 4 unspecified atom stereocenters. The van der Waals surface area contributed by atoms with E-state index in [0.717, 1.165) is 0 Å². The number of nitrogens with two attached hydrogens (primary N) is 2. The van der Waals surface area contributed by atoms with Gasteiger partial charge < -0.3 is 48.7 Å². The molecule has 18 heteroatoms. The van der Waals surface area contributed by atoms with Gasteiger partial charge in [-0.2, -0.15) is 0 Å². The zero-order chi connectivity index (χ0) is 32.4. The largest absolute Gasteiger partial charge is 0.370 e. The lowest BCUT2D eigenvalue weighted by Crippen LogP contribution is -2.54. The number of amides is 7. The Hall–Kier alpha value is -4.77. The number of Topliss-reactive ketones (excluding diaryl/α,β-unsaturated/α-hetero) is 1. The fraction of sp³-hybridized carbons (Fsp3) is 0.625. The van der Waals surface area contributed by atoms with Crippen molar-refractivity contribution >= 4 is 53.1 Å². The van der Waals surface area contributed by atoms with Crippen LogP contribution in [0.5, 0.6) is 0 Å². The number of carbonyl (C=O) groups is 8. The Bertz CT molecular complexity index is 1040. The quantitative estimate of drug-likeness (QED) is 0.0411. The fourth-order valence-corrected chi connectivity index (χ4v) is 2.96. The molecule has 0 saturated heterocycles. The predicted octanol–water partition coefficient (Wildman–Crippen LogP) is -5.00. The van der Waals surface area contributed by atoms with Crippen molar-refractivity contribution in [1.29, 1.82) is 0 Å². The Morgan fingerprint density at radius 2 is 1.14 bits per heavy atom. The molecule has 0 spiro atoms. The molecule has 0 fully saturated rings. The van der Waals surface area contributed by atoms with Crippen LogP contribution < -0.4 is 48.7 Å². The number of rotatable bonds is 18. The molecule has 4 atom stereocenters. The minimum absolute atomic E-state index is 0.114. The van der Waals surface area contributed by atoms with Gasteiger partial charge >= 0.3 is 0 Å². The van der Waals surface area contributed by atoms with Crippen LogP contribution >= 0.6 is 0 Å². The van der Waals surface area contributed by atoms with Gasteiger partial charge in [0, 0.05) is 13.5 Å². The zero-order valence-electron chi connectivity index (χ0n) is 24.4. The van der Waals surface area contributed by atoms with Gasteiger partial charge in [0.25, 0.3) is 0 Å². The molecular formula is C24H42N10O8. The smallest absolute Gasteiger partial charge is 0.243 e. The van der Waals surface area contributed by atoms with Gasteiger partial charge in [-0.15, -0.1) is 0 Å². The van der Waals surface area contributed by atoms with Crippen molar-refractivity contribution < 1.29 is 38.4 Å². The Morgan fingerprint density at radius 1 is 0.619 bits per heavy atom. The third-order valence-corrected chi connectivity index (χ3v) is 5.46. The van der Waals surface area contributed by atoms with Gasteiger partial charge in [0.2, 0.25) is 41.4 Å². The summed E-state index contributed by atoms with van der Waals surface area (Å²) in [7, 11) is 0. The summed E-state index contributed by atoms with van der Waals surface area (Å²) in [5, 5.41) is 16.6. The highest BCUT2D eigenvalue weighted by Gasteiger charge is 2.25. The predicted molar refractivity (Wildman–Crippen MR) is 150 cm³/mol. The fourth-order valence-electron chi connectivity index (χ4n) is 2.96.